The summed E-state index contributed by atoms with van der Waals surface area (Å²) in [5, 5.41) is 3.21. The molecule has 1 aromatic heterocycles. The molecule has 1 atom stereocenters. The van der Waals surface area contributed by atoms with Crippen molar-refractivity contribution in [2.75, 3.05) is 13.6 Å². The lowest BCUT2D eigenvalue weighted by Crippen LogP contribution is -2.17. The number of aromatic nitrogens is 2. The van der Waals surface area contributed by atoms with Gasteiger partial charge in [-0.2, -0.15) is 0 Å². The summed E-state index contributed by atoms with van der Waals surface area (Å²) in [5.41, 5.74) is 0. The normalized spacial score (nSPS) is 13.0. The Labute approximate surface area is 92.9 Å². The molecule has 0 aliphatic rings. The Hall–Kier alpha value is -0.830. The summed E-state index contributed by atoms with van der Waals surface area (Å²) in [6.07, 6.45) is 7.47. The summed E-state index contributed by atoms with van der Waals surface area (Å²) in [4.78, 5) is 4.41. The SMILES string of the molecule is CCCn1ccnc1CCC(C)CNC. The molecule has 0 aliphatic carbocycles. The Morgan fingerprint density at radius 2 is 2.33 bits per heavy atom. The molecule has 3 heteroatoms. The Balaban J connectivity index is 2.39. The lowest BCUT2D eigenvalue weighted by atomic mass is 10.1. The molecule has 0 bridgehead atoms. The van der Waals surface area contributed by atoms with E-state index in [1.54, 1.807) is 0 Å². The number of aryl methyl sites for hydroxylation is 2. The van der Waals surface area contributed by atoms with E-state index in [1.807, 2.05) is 13.2 Å². The Morgan fingerprint density at radius 1 is 1.53 bits per heavy atom. The zero-order valence-corrected chi connectivity index (χ0v) is 10.2. The minimum Gasteiger partial charge on any atom is -0.335 e. The highest BCUT2D eigenvalue weighted by molar-refractivity contribution is 4.92. The zero-order valence-electron chi connectivity index (χ0n) is 10.2. The summed E-state index contributed by atoms with van der Waals surface area (Å²) in [6, 6.07) is 0. The van der Waals surface area contributed by atoms with Crippen LogP contribution in [0.2, 0.25) is 0 Å². The molecule has 0 amide bonds. The molecule has 0 fully saturated rings. The lowest BCUT2D eigenvalue weighted by molar-refractivity contribution is 0.489. The molecule has 0 spiro atoms. The van der Waals surface area contributed by atoms with Crippen molar-refractivity contribution in [1.82, 2.24) is 14.9 Å². The van der Waals surface area contributed by atoms with Crippen molar-refractivity contribution in [2.45, 2.75) is 39.7 Å². The first-order valence-electron chi connectivity index (χ1n) is 5.92. The Kier molecular flexibility index (Phi) is 5.40. The third-order valence-corrected chi connectivity index (χ3v) is 2.68. The summed E-state index contributed by atoms with van der Waals surface area (Å²) in [5.74, 6) is 1.96. The van der Waals surface area contributed by atoms with Crippen molar-refractivity contribution >= 4 is 0 Å². The van der Waals surface area contributed by atoms with Crippen LogP contribution in [-0.4, -0.2) is 23.1 Å². The minimum absolute atomic E-state index is 0.724. The summed E-state index contributed by atoms with van der Waals surface area (Å²) in [7, 11) is 2.01. The van der Waals surface area contributed by atoms with Crippen LogP contribution in [0.15, 0.2) is 12.4 Å². The molecule has 1 unspecified atom stereocenters. The van der Waals surface area contributed by atoms with E-state index in [4.69, 9.17) is 0 Å². The molecular formula is C12H23N3. The van der Waals surface area contributed by atoms with Crippen molar-refractivity contribution in [3.05, 3.63) is 18.2 Å². The first-order valence-corrected chi connectivity index (χ1v) is 5.92. The standard InChI is InChI=1S/C12H23N3/c1-4-8-15-9-7-14-12(15)6-5-11(2)10-13-3/h7,9,11,13H,4-6,8,10H2,1-3H3. The molecule has 1 rings (SSSR count). The molecule has 3 nitrogen and oxygen atoms in total. The zero-order chi connectivity index (χ0) is 11.1. The van der Waals surface area contributed by atoms with E-state index in [1.165, 1.54) is 18.7 Å². The lowest BCUT2D eigenvalue weighted by Gasteiger charge is -2.11. The van der Waals surface area contributed by atoms with Crippen molar-refractivity contribution in [2.24, 2.45) is 5.92 Å². The summed E-state index contributed by atoms with van der Waals surface area (Å²) in [6.45, 7) is 6.67. The fourth-order valence-corrected chi connectivity index (χ4v) is 1.84. The van der Waals surface area contributed by atoms with Gasteiger partial charge in [0.25, 0.3) is 0 Å². The van der Waals surface area contributed by atoms with E-state index in [9.17, 15) is 0 Å². The molecule has 0 aliphatic heterocycles. The minimum atomic E-state index is 0.724. The second-order valence-corrected chi connectivity index (χ2v) is 4.24. The van der Waals surface area contributed by atoms with Crippen LogP contribution in [-0.2, 0) is 13.0 Å². The Morgan fingerprint density at radius 3 is 3.00 bits per heavy atom. The van der Waals surface area contributed by atoms with E-state index >= 15 is 0 Å². The first kappa shape index (κ1) is 12.2. The van der Waals surface area contributed by atoms with Crippen LogP contribution in [0.4, 0.5) is 0 Å². The molecule has 1 aromatic rings. The van der Waals surface area contributed by atoms with Gasteiger partial charge in [0.2, 0.25) is 0 Å². The van der Waals surface area contributed by atoms with Crippen LogP contribution in [0.1, 0.15) is 32.5 Å². The monoisotopic (exact) mass is 209 g/mol. The molecule has 0 radical (unpaired) electrons. The van der Waals surface area contributed by atoms with E-state index < -0.39 is 0 Å². The van der Waals surface area contributed by atoms with Crippen LogP contribution >= 0.6 is 0 Å². The van der Waals surface area contributed by atoms with Gasteiger partial charge in [0.15, 0.2) is 0 Å². The number of imidazole rings is 1. The predicted molar refractivity (Wildman–Crippen MR) is 63.9 cm³/mol. The molecule has 0 aromatic carbocycles. The number of nitrogens with one attached hydrogen (secondary N) is 1. The van der Waals surface area contributed by atoms with Gasteiger partial charge in [0.05, 0.1) is 0 Å². The van der Waals surface area contributed by atoms with Gasteiger partial charge >= 0.3 is 0 Å². The third-order valence-electron chi connectivity index (χ3n) is 2.68. The first-order chi connectivity index (χ1) is 7.27. The maximum Gasteiger partial charge on any atom is 0.108 e. The number of rotatable bonds is 7. The van der Waals surface area contributed by atoms with Crippen molar-refractivity contribution in [3.8, 4) is 0 Å². The molecular weight excluding hydrogens is 186 g/mol. The molecule has 0 saturated carbocycles. The smallest absolute Gasteiger partial charge is 0.108 e. The third kappa shape index (κ3) is 4.04. The largest absolute Gasteiger partial charge is 0.335 e. The van der Waals surface area contributed by atoms with Gasteiger partial charge in [-0.1, -0.05) is 13.8 Å². The van der Waals surface area contributed by atoms with Crippen LogP contribution in [0.25, 0.3) is 0 Å². The average molecular weight is 209 g/mol. The van der Waals surface area contributed by atoms with Gasteiger partial charge in [-0.3, -0.25) is 0 Å². The van der Waals surface area contributed by atoms with Gasteiger partial charge in [-0.15, -0.1) is 0 Å². The molecule has 0 saturated heterocycles. The number of nitrogens with zero attached hydrogens (tertiary/aromatic N) is 2. The second kappa shape index (κ2) is 6.62. The van der Waals surface area contributed by atoms with Gasteiger partial charge in [0.1, 0.15) is 5.82 Å². The van der Waals surface area contributed by atoms with Crippen LogP contribution in [0.5, 0.6) is 0 Å². The molecule has 1 heterocycles. The topological polar surface area (TPSA) is 29.9 Å². The van der Waals surface area contributed by atoms with E-state index in [-0.39, 0.29) is 0 Å². The van der Waals surface area contributed by atoms with Crippen LogP contribution in [0.3, 0.4) is 0 Å². The van der Waals surface area contributed by atoms with Crippen LogP contribution in [0, 0.1) is 5.92 Å². The fraction of sp³-hybridized carbons (Fsp3) is 0.750. The van der Waals surface area contributed by atoms with Crippen molar-refractivity contribution in [3.63, 3.8) is 0 Å². The summed E-state index contributed by atoms with van der Waals surface area (Å²) < 4.78 is 2.27. The summed E-state index contributed by atoms with van der Waals surface area (Å²) >= 11 is 0. The second-order valence-electron chi connectivity index (χ2n) is 4.24. The van der Waals surface area contributed by atoms with E-state index in [0.29, 0.717) is 0 Å². The highest BCUT2D eigenvalue weighted by atomic mass is 15.1. The average Bonchev–Trinajstić information content (AvgIpc) is 2.64. The quantitative estimate of drug-likeness (QED) is 0.745. The van der Waals surface area contributed by atoms with E-state index in [0.717, 1.165) is 25.4 Å². The number of hydrogen-bond donors (Lipinski definition) is 1. The Bertz CT molecular complexity index is 268. The van der Waals surface area contributed by atoms with Gasteiger partial charge in [-0.25, -0.2) is 4.98 Å². The van der Waals surface area contributed by atoms with Gasteiger partial charge in [-0.05, 0) is 32.4 Å². The molecule has 86 valence electrons. The molecule has 1 N–H and O–H groups in total. The van der Waals surface area contributed by atoms with Crippen molar-refractivity contribution < 1.29 is 0 Å². The maximum absolute atomic E-state index is 4.41. The highest BCUT2D eigenvalue weighted by Crippen LogP contribution is 2.08. The van der Waals surface area contributed by atoms with Crippen molar-refractivity contribution in [1.29, 1.82) is 0 Å². The highest BCUT2D eigenvalue weighted by Gasteiger charge is 2.05. The number of hydrogen-bond acceptors (Lipinski definition) is 2. The van der Waals surface area contributed by atoms with Crippen LogP contribution < -0.4 is 5.32 Å². The molecule has 15 heavy (non-hydrogen) atoms. The fourth-order valence-electron chi connectivity index (χ4n) is 1.84. The van der Waals surface area contributed by atoms with Gasteiger partial charge in [0, 0.05) is 25.4 Å². The van der Waals surface area contributed by atoms with Gasteiger partial charge < -0.3 is 9.88 Å². The van der Waals surface area contributed by atoms with E-state index in [2.05, 4.69) is 34.9 Å². The maximum atomic E-state index is 4.41. The predicted octanol–water partition coefficient (Wildman–Crippen LogP) is 2.08.